The predicted molar refractivity (Wildman–Crippen MR) is 78.3 cm³/mol. The topological polar surface area (TPSA) is 42.2 Å². The lowest BCUT2D eigenvalue weighted by Crippen LogP contribution is -2.10. The van der Waals surface area contributed by atoms with Gasteiger partial charge in [-0.15, -0.1) is 0 Å². The van der Waals surface area contributed by atoms with Crippen LogP contribution >= 0.6 is 31.9 Å². The summed E-state index contributed by atoms with van der Waals surface area (Å²) >= 11 is 6.55. The quantitative estimate of drug-likeness (QED) is 0.816. The van der Waals surface area contributed by atoms with Crippen LogP contribution in [0.2, 0.25) is 0 Å². The van der Waals surface area contributed by atoms with Crippen molar-refractivity contribution >= 4 is 43.5 Å². The molecule has 3 nitrogen and oxygen atoms in total. The van der Waals surface area contributed by atoms with Gasteiger partial charge in [0.25, 0.3) is 5.91 Å². The highest BCUT2D eigenvalue weighted by atomic mass is 79.9. The number of aryl methyl sites for hydroxylation is 1. The van der Waals surface area contributed by atoms with Crippen LogP contribution in [0, 0.1) is 0 Å². The first kappa shape index (κ1) is 13.4. The van der Waals surface area contributed by atoms with Gasteiger partial charge in [0.15, 0.2) is 10.4 Å². The summed E-state index contributed by atoms with van der Waals surface area (Å²) in [6.45, 7) is 0. The van der Waals surface area contributed by atoms with E-state index in [0.29, 0.717) is 4.67 Å². The molecule has 1 heterocycles. The average molecular weight is 373 g/mol. The Hall–Kier alpha value is -1.07. The number of anilines is 1. The monoisotopic (exact) mass is 371 g/mol. The highest BCUT2D eigenvalue weighted by Gasteiger charge is 2.10. The molecule has 1 aromatic carbocycles. The van der Waals surface area contributed by atoms with E-state index >= 15 is 0 Å². The highest BCUT2D eigenvalue weighted by molar-refractivity contribution is 9.10. The van der Waals surface area contributed by atoms with Crippen LogP contribution < -0.4 is 5.32 Å². The molecule has 0 atom stereocenters. The summed E-state index contributed by atoms with van der Waals surface area (Å²) in [5.74, 6) is 0.0281. The fourth-order valence-corrected chi connectivity index (χ4v) is 2.26. The van der Waals surface area contributed by atoms with Gasteiger partial charge < -0.3 is 9.73 Å². The molecule has 1 aromatic heterocycles. The number of nitrogens with one attached hydrogen (secondary N) is 1. The second-order valence-electron chi connectivity index (χ2n) is 3.69. The maximum Gasteiger partial charge on any atom is 0.291 e. The van der Waals surface area contributed by atoms with Gasteiger partial charge in [0.2, 0.25) is 0 Å². The fraction of sp³-hybridized carbons (Fsp3) is 0.154. The van der Waals surface area contributed by atoms with Gasteiger partial charge in [-0.05, 0) is 52.2 Å². The minimum Gasteiger partial charge on any atom is -0.444 e. The van der Waals surface area contributed by atoms with Crippen molar-refractivity contribution in [1.29, 1.82) is 0 Å². The maximum absolute atomic E-state index is 11.8. The first-order valence-corrected chi connectivity index (χ1v) is 7.32. The van der Waals surface area contributed by atoms with Crippen LogP contribution in [0.15, 0.2) is 45.5 Å². The summed E-state index contributed by atoms with van der Waals surface area (Å²) in [7, 11) is 0. The Bertz CT molecular complexity index is 534. The third-order valence-corrected chi connectivity index (χ3v) is 3.21. The van der Waals surface area contributed by atoms with Crippen molar-refractivity contribution in [1.82, 2.24) is 0 Å². The van der Waals surface area contributed by atoms with E-state index in [-0.39, 0.29) is 11.7 Å². The third-order valence-electron chi connectivity index (χ3n) is 2.39. The molecular weight excluding hydrogens is 362 g/mol. The Morgan fingerprint density at radius 2 is 1.89 bits per heavy atom. The van der Waals surface area contributed by atoms with E-state index in [0.717, 1.165) is 17.4 Å². The van der Waals surface area contributed by atoms with Crippen molar-refractivity contribution in [2.75, 3.05) is 10.6 Å². The number of carbonyl (C=O) groups excluding carboxylic acids is 1. The Labute approximate surface area is 122 Å². The molecule has 0 saturated carbocycles. The highest BCUT2D eigenvalue weighted by Crippen LogP contribution is 2.16. The number of hydrogen-bond donors (Lipinski definition) is 1. The molecule has 0 aliphatic heterocycles. The summed E-state index contributed by atoms with van der Waals surface area (Å²) in [6.07, 6.45) is 0.972. The van der Waals surface area contributed by atoms with Crippen LogP contribution in [0.1, 0.15) is 16.1 Å². The minimum atomic E-state index is -0.256. The molecule has 0 fully saturated rings. The molecule has 5 heteroatoms. The predicted octanol–water partition coefficient (Wildman–Crippen LogP) is 4.23. The van der Waals surface area contributed by atoms with Crippen molar-refractivity contribution in [2.45, 2.75) is 6.42 Å². The van der Waals surface area contributed by atoms with Crippen molar-refractivity contribution in [3.63, 3.8) is 0 Å². The van der Waals surface area contributed by atoms with Crippen LogP contribution in [-0.4, -0.2) is 11.2 Å². The fourth-order valence-electron chi connectivity index (χ4n) is 1.49. The first-order chi connectivity index (χ1) is 8.69. The molecular formula is C13H11Br2NO2. The van der Waals surface area contributed by atoms with E-state index in [1.165, 1.54) is 5.56 Å². The average Bonchev–Trinajstić information content (AvgIpc) is 2.79. The minimum absolute atomic E-state index is 0.256. The van der Waals surface area contributed by atoms with Gasteiger partial charge in [0, 0.05) is 11.0 Å². The van der Waals surface area contributed by atoms with Crippen LogP contribution in [0.4, 0.5) is 5.69 Å². The molecule has 1 amide bonds. The van der Waals surface area contributed by atoms with Crippen molar-refractivity contribution < 1.29 is 9.21 Å². The molecule has 0 spiro atoms. The van der Waals surface area contributed by atoms with Crippen LogP contribution in [-0.2, 0) is 6.42 Å². The van der Waals surface area contributed by atoms with E-state index in [2.05, 4.69) is 37.2 Å². The molecule has 0 aliphatic rings. The number of benzene rings is 1. The van der Waals surface area contributed by atoms with Crippen LogP contribution in [0.3, 0.4) is 0 Å². The van der Waals surface area contributed by atoms with Crippen molar-refractivity contribution in [3.8, 4) is 0 Å². The lowest BCUT2D eigenvalue weighted by Gasteiger charge is -2.04. The summed E-state index contributed by atoms with van der Waals surface area (Å²) in [4.78, 5) is 11.8. The first-order valence-electron chi connectivity index (χ1n) is 5.40. The maximum atomic E-state index is 11.8. The molecule has 0 unspecified atom stereocenters. The number of amides is 1. The molecule has 2 rings (SSSR count). The van der Waals surface area contributed by atoms with Gasteiger partial charge >= 0.3 is 0 Å². The van der Waals surface area contributed by atoms with Crippen molar-refractivity contribution in [2.24, 2.45) is 0 Å². The summed E-state index contributed by atoms with van der Waals surface area (Å²) < 4.78 is 5.72. The Morgan fingerprint density at radius 3 is 2.44 bits per heavy atom. The Morgan fingerprint density at radius 1 is 1.17 bits per heavy atom. The smallest absolute Gasteiger partial charge is 0.291 e. The van der Waals surface area contributed by atoms with Gasteiger partial charge in [-0.3, -0.25) is 4.79 Å². The summed E-state index contributed by atoms with van der Waals surface area (Å²) in [5.41, 5.74) is 1.98. The Balaban J connectivity index is 2.03. The molecule has 0 radical (unpaired) electrons. The zero-order valence-corrected chi connectivity index (χ0v) is 12.6. The van der Waals surface area contributed by atoms with Gasteiger partial charge in [-0.2, -0.15) is 0 Å². The zero-order chi connectivity index (χ0) is 13.0. The van der Waals surface area contributed by atoms with E-state index in [1.807, 2.05) is 24.3 Å². The second kappa shape index (κ2) is 6.20. The number of halogens is 2. The molecule has 0 saturated heterocycles. The number of rotatable bonds is 4. The third kappa shape index (κ3) is 3.46. The number of carbonyl (C=O) groups is 1. The van der Waals surface area contributed by atoms with E-state index in [9.17, 15) is 4.79 Å². The second-order valence-corrected chi connectivity index (χ2v) is 5.27. The molecule has 0 bridgehead atoms. The lowest BCUT2D eigenvalue weighted by atomic mass is 10.1. The van der Waals surface area contributed by atoms with Crippen LogP contribution in [0.25, 0.3) is 0 Å². The molecule has 2 aromatic rings. The SMILES string of the molecule is O=C(Nc1ccc(CCBr)cc1)c1ccc(Br)o1. The number of hydrogen-bond acceptors (Lipinski definition) is 2. The standard InChI is InChI=1S/C13H11Br2NO2/c14-8-7-9-1-3-10(4-2-9)16-13(17)11-5-6-12(15)18-11/h1-6H,7-8H2,(H,16,17). The van der Waals surface area contributed by atoms with Crippen molar-refractivity contribution in [3.05, 3.63) is 52.4 Å². The van der Waals surface area contributed by atoms with Gasteiger partial charge in [0.05, 0.1) is 0 Å². The summed E-state index contributed by atoms with van der Waals surface area (Å²) in [6, 6.07) is 11.1. The van der Waals surface area contributed by atoms with Crippen LogP contribution in [0.5, 0.6) is 0 Å². The van der Waals surface area contributed by atoms with Gasteiger partial charge in [-0.1, -0.05) is 28.1 Å². The lowest BCUT2D eigenvalue weighted by molar-refractivity contribution is 0.0995. The molecule has 1 N–H and O–H groups in total. The summed E-state index contributed by atoms with van der Waals surface area (Å²) in [5, 5.41) is 3.71. The van der Waals surface area contributed by atoms with E-state index < -0.39 is 0 Å². The number of alkyl halides is 1. The van der Waals surface area contributed by atoms with E-state index in [4.69, 9.17) is 4.42 Å². The normalized spacial score (nSPS) is 10.3. The van der Waals surface area contributed by atoms with E-state index in [1.54, 1.807) is 12.1 Å². The van der Waals surface area contributed by atoms with Gasteiger partial charge in [-0.25, -0.2) is 0 Å². The zero-order valence-electron chi connectivity index (χ0n) is 9.45. The van der Waals surface area contributed by atoms with Gasteiger partial charge in [0.1, 0.15) is 0 Å². The Kier molecular flexibility index (Phi) is 4.60. The molecule has 0 aliphatic carbocycles. The molecule has 18 heavy (non-hydrogen) atoms. The molecule has 94 valence electrons. The number of furan rings is 1. The largest absolute Gasteiger partial charge is 0.444 e.